The zero-order valence-electron chi connectivity index (χ0n) is 18.3. The standard InChI is InChI=1S/C25H16Cl3N3O5/c26-15-1-6-18(7-2-15)29-22(32)13-36-21-10-5-17(28)11-14(21)12-20-23(33)30-25(35)31(24(20)34)19-8-3-16(27)4-9-19/h1-12H,13H2,(H,29,32)(H,30,33,35)/b20-12+. The molecule has 0 saturated carbocycles. The Morgan fingerprint density at radius 1 is 0.889 bits per heavy atom. The maximum absolute atomic E-state index is 13.1. The van der Waals surface area contributed by atoms with Gasteiger partial charge in [-0.15, -0.1) is 0 Å². The molecule has 182 valence electrons. The van der Waals surface area contributed by atoms with E-state index in [1.807, 2.05) is 0 Å². The number of halogens is 3. The Kier molecular flexibility index (Phi) is 7.59. The van der Waals surface area contributed by atoms with Gasteiger partial charge in [-0.1, -0.05) is 34.8 Å². The fourth-order valence-corrected chi connectivity index (χ4v) is 3.71. The van der Waals surface area contributed by atoms with Crippen molar-refractivity contribution >= 4 is 76.0 Å². The summed E-state index contributed by atoms with van der Waals surface area (Å²) in [6.07, 6.45) is 1.24. The molecule has 0 radical (unpaired) electrons. The van der Waals surface area contributed by atoms with Gasteiger partial charge in [0.15, 0.2) is 6.61 Å². The van der Waals surface area contributed by atoms with E-state index in [-0.39, 0.29) is 29.2 Å². The molecular formula is C25H16Cl3N3O5. The van der Waals surface area contributed by atoms with Gasteiger partial charge in [0.05, 0.1) is 5.69 Å². The quantitative estimate of drug-likeness (QED) is 0.322. The lowest BCUT2D eigenvalue weighted by molar-refractivity contribution is -0.122. The van der Waals surface area contributed by atoms with Crippen molar-refractivity contribution in [3.63, 3.8) is 0 Å². The predicted molar refractivity (Wildman–Crippen MR) is 137 cm³/mol. The summed E-state index contributed by atoms with van der Waals surface area (Å²) in [6, 6.07) is 16.1. The smallest absolute Gasteiger partial charge is 0.335 e. The van der Waals surface area contributed by atoms with E-state index in [0.717, 1.165) is 4.90 Å². The molecule has 1 saturated heterocycles. The molecule has 5 amide bonds. The molecule has 8 nitrogen and oxygen atoms in total. The highest BCUT2D eigenvalue weighted by Gasteiger charge is 2.37. The number of imide groups is 2. The third-order valence-electron chi connectivity index (χ3n) is 4.94. The maximum atomic E-state index is 13.1. The summed E-state index contributed by atoms with van der Waals surface area (Å²) in [4.78, 5) is 51.2. The highest BCUT2D eigenvalue weighted by atomic mass is 35.5. The van der Waals surface area contributed by atoms with Crippen LogP contribution < -0.4 is 20.3 Å². The Morgan fingerprint density at radius 3 is 2.17 bits per heavy atom. The predicted octanol–water partition coefficient (Wildman–Crippen LogP) is 5.33. The number of hydrogen-bond donors (Lipinski definition) is 2. The summed E-state index contributed by atoms with van der Waals surface area (Å²) >= 11 is 17.8. The van der Waals surface area contributed by atoms with E-state index in [1.54, 1.807) is 24.3 Å². The van der Waals surface area contributed by atoms with Crippen LogP contribution in [0.15, 0.2) is 72.3 Å². The molecular weight excluding hydrogens is 529 g/mol. The number of carbonyl (C=O) groups is 4. The minimum absolute atomic E-state index is 0.189. The number of rotatable bonds is 6. The lowest BCUT2D eigenvalue weighted by atomic mass is 10.1. The molecule has 4 rings (SSSR count). The fourth-order valence-electron chi connectivity index (χ4n) is 3.27. The van der Waals surface area contributed by atoms with E-state index >= 15 is 0 Å². The second-order valence-corrected chi connectivity index (χ2v) is 8.77. The SMILES string of the molecule is O=C(COc1ccc(Cl)cc1/C=C1\C(=O)NC(=O)N(c2ccc(Cl)cc2)C1=O)Nc1ccc(Cl)cc1. The molecule has 0 atom stereocenters. The minimum atomic E-state index is -0.897. The van der Waals surface area contributed by atoms with Crippen LogP contribution in [0.2, 0.25) is 15.1 Å². The zero-order chi connectivity index (χ0) is 25.8. The number of urea groups is 1. The number of benzene rings is 3. The number of amides is 5. The molecule has 0 aromatic heterocycles. The first kappa shape index (κ1) is 25.2. The summed E-state index contributed by atoms with van der Waals surface area (Å²) in [5.74, 6) is -2.00. The van der Waals surface area contributed by atoms with Crippen molar-refractivity contribution in [3.05, 3.63) is 92.9 Å². The van der Waals surface area contributed by atoms with Crippen molar-refractivity contribution in [2.75, 3.05) is 16.8 Å². The molecule has 0 aliphatic carbocycles. The van der Waals surface area contributed by atoms with E-state index in [0.29, 0.717) is 20.8 Å². The molecule has 0 bridgehead atoms. The maximum Gasteiger partial charge on any atom is 0.335 e. The highest BCUT2D eigenvalue weighted by molar-refractivity contribution is 6.39. The van der Waals surface area contributed by atoms with Gasteiger partial charge in [0, 0.05) is 26.3 Å². The number of anilines is 2. The average Bonchev–Trinajstić information content (AvgIpc) is 2.84. The Bertz CT molecular complexity index is 1390. The molecule has 1 fully saturated rings. The van der Waals surface area contributed by atoms with Crippen LogP contribution in [0, 0.1) is 0 Å². The molecule has 11 heteroatoms. The van der Waals surface area contributed by atoms with Crippen LogP contribution in [0.1, 0.15) is 5.56 Å². The Balaban J connectivity index is 1.57. The van der Waals surface area contributed by atoms with Crippen molar-refractivity contribution < 1.29 is 23.9 Å². The molecule has 0 unspecified atom stereocenters. The van der Waals surface area contributed by atoms with Gasteiger partial charge >= 0.3 is 6.03 Å². The Hall–Kier alpha value is -3.85. The van der Waals surface area contributed by atoms with E-state index in [9.17, 15) is 19.2 Å². The first-order chi connectivity index (χ1) is 17.2. The summed E-state index contributed by atoms with van der Waals surface area (Å²) < 4.78 is 5.63. The monoisotopic (exact) mass is 543 g/mol. The molecule has 36 heavy (non-hydrogen) atoms. The fraction of sp³-hybridized carbons (Fsp3) is 0.0400. The van der Waals surface area contributed by atoms with Crippen molar-refractivity contribution in [2.45, 2.75) is 0 Å². The van der Waals surface area contributed by atoms with Crippen molar-refractivity contribution in [3.8, 4) is 5.75 Å². The van der Waals surface area contributed by atoms with Gasteiger partial charge in [-0.2, -0.15) is 0 Å². The van der Waals surface area contributed by atoms with Crippen LogP contribution in [0.25, 0.3) is 6.08 Å². The molecule has 3 aromatic carbocycles. The normalized spacial score (nSPS) is 14.6. The zero-order valence-corrected chi connectivity index (χ0v) is 20.5. The number of hydrogen-bond acceptors (Lipinski definition) is 5. The third-order valence-corrected chi connectivity index (χ3v) is 5.68. The van der Waals surface area contributed by atoms with Gasteiger partial charge in [0.1, 0.15) is 11.3 Å². The average molecular weight is 545 g/mol. The molecule has 3 aromatic rings. The van der Waals surface area contributed by atoms with Crippen LogP contribution in [0.3, 0.4) is 0 Å². The topological polar surface area (TPSA) is 105 Å². The van der Waals surface area contributed by atoms with Crippen molar-refractivity contribution in [1.29, 1.82) is 0 Å². The van der Waals surface area contributed by atoms with Crippen LogP contribution >= 0.6 is 34.8 Å². The second kappa shape index (κ2) is 10.8. The van der Waals surface area contributed by atoms with Crippen LogP contribution in [0.4, 0.5) is 16.2 Å². The van der Waals surface area contributed by atoms with Gasteiger partial charge < -0.3 is 10.1 Å². The number of nitrogens with zero attached hydrogens (tertiary/aromatic N) is 1. The number of ether oxygens (including phenoxy) is 1. The van der Waals surface area contributed by atoms with Crippen molar-refractivity contribution in [2.24, 2.45) is 0 Å². The lowest BCUT2D eigenvalue weighted by Gasteiger charge is -2.26. The summed E-state index contributed by atoms with van der Waals surface area (Å²) in [5, 5.41) is 6.04. The molecule has 1 aliphatic heterocycles. The number of carbonyl (C=O) groups excluding carboxylic acids is 4. The lowest BCUT2D eigenvalue weighted by Crippen LogP contribution is -2.54. The molecule has 0 spiro atoms. The Labute approximate surface area is 220 Å². The minimum Gasteiger partial charge on any atom is -0.483 e. The van der Waals surface area contributed by atoms with Gasteiger partial charge in [0.25, 0.3) is 17.7 Å². The number of barbiturate groups is 1. The largest absolute Gasteiger partial charge is 0.483 e. The first-order valence-electron chi connectivity index (χ1n) is 10.4. The Morgan fingerprint density at radius 2 is 1.50 bits per heavy atom. The third kappa shape index (κ3) is 5.85. The molecule has 1 aliphatic rings. The summed E-state index contributed by atoms with van der Waals surface area (Å²) in [7, 11) is 0. The van der Waals surface area contributed by atoms with Crippen LogP contribution in [-0.4, -0.2) is 30.4 Å². The summed E-state index contributed by atoms with van der Waals surface area (Å²) in [5.41, 5.74) is 0.678. The van der Waals surface area contributed by atoms with E-state index < -0.39 is 23.8 Å². The van der Waals surface area contributed by atoms with Crippen LogP contribution in [0.5, 0.6) is 5.75 Å². The van der Waals surface area contributed by atoms with Gasteiger partial charge in [0.2, 0.25) is 0 Å². The van der Waals surface area contributed by atoms with E-state index in [4.69, 9.17) is 39.5 Å². The van der Waals surface area contributed by atoms with Gasteiger partial charge in [-0.05, 0) is 72.8 Å². The van der Waals surface area contributed by atoms with Gasteiger partial charge in [-0.3, -0.25) is 19.7 Å². The first-order valence-corrected chi connectivity index (χ1v) is 11.5. The van der Waals surface area contributed by atoms with Crippen molar-refractivity contribution in [1.82, 2.24) is 5.32 Å². The van der Waals surface area contributed by atoms with E-state index in [1.165, 1.54) is 48.5 Å². The van der Waals surface area contributed by atoms with Gasteiger partial charge in [-0.25, -0.2) is 9.69 Å². The summed E-state index contributed by atoms with van der Waals surface area (Å²) in [6.45, 7) is -0.365. The molecule has 2 N–H and O–H groups in total. The van der Waals surface area contributed by atoms with E-state index in [2.05, 4.69) is 10.6 Å². The van der Waals surface area contributed by atoms with Crippen LogP contribution in [-0.2, 0) is 14.4 Å². The second-order valence-electron chi connectivity index (χ2n) is 7.46. The number of nitrogens with one attached hydrogen (secondary N) is 2. The highest BCUT2D eigenvalue weighted by Crippen LogP contribution is 2.28. The molecule has 1 heterocycles.